The average Bonchev–Trinajstić information content (AvgIpc) is 3.26. The van der Waals surface area contributed by atoms with Crippen molar-refractivity contribution in [3.8, 4) is 17.2 Å². The Morgan fingerprint density at radius 2 is 1.78 bits per heavy atom. The van der Waals surface area contributed by atoms with Crippen molar-refractivity contribution < 1.29 is 57.7 Å². The summed E-state index contributed by atoms with van der Waals surface area (Å²) in [7, 11) is 1.33. The van der Waals surface area contributed by atoms with E-state index in [1.165, 1.54) is 19.0 Å². The first-order valence-corrected chi connectivity index (χ1v) is 23.9. The number of hydrogen-bond donors (Lipinski definition) is 4. The molecule has 1 saturated carbocycles. The minimum atomic E-state index is -1.54. The summed E-state index contributed by atoms with van der Waals surface area (Å²) in [5.74, 6) is -0.613. The van der Waals surface area contributed by atoms with Crippen LogP contribution < -0.4 is 25.3 Å². The highest BCUT2D eigenvalue weighted by Gasteiger charge is 2.69. The monoisotopic (exact) mass is 942 g/mol. The van der Waals surface area contributed by atoms with Crippen LogP contribution in [0.1, 0.15) is 125 Å². The highest BCUT2D eigenvalue weighted by atomic mass is 16.8. The highest BCUT2D eigenvalue weighted by molar-refractivity contribution is 6.00. The number of aliphatic hydroxyl groups excluding tert-OH is 2. The fraction of sp³-hybridized carbons (Fsp3) is 0.615. The van der Waals surface area contributed by atoms with Crippen LogP contribution in [0.5, 0.6) is 17.2 Å². The van der Waals surface area contributed by atoms with Crippen molar-refractivity contribution in [2.45, 2.75) is 180 Å². The number of hydrogen-bond acceptors (Lipinski definition) is 15. The van der Waals surface area contributed by atoms with E-state index >= 15 is 0 Å². The summed E-state index contributed by atoms with van der Waals surface area (Å²) < 4.78 is 51.9. The predicted molar refractivity (Wildman–Crippen MR) is 256 cm³/mol. The van der Waals surface area contributed by atoms with Crippen LogP contribution in [-0.2, 0) is 39.7 Å². The van der Waals surface area contributed by atoms with Crippen LogP contribution >= 0.6 is 0 Å². The van der Waals surface area contributed by atoms with Crippen LogP contribution in [0.3, 0.4) is 0 Å². The van der Waals surface area contributed by atoms with Crippen molar-refractivity contribution in [3.63, 3.8) is 0 Å². The molecule has 0 amide bonds. The first kappa shape index (κ1) is 49.6. The van der Waals surface area contributed by atoms with E-state index in [0.29, 0.717) is 53.2 Å². The lowest BCUT2D eigenvalue weighted by molar-refractivity contribution is -0.373. The molecule has 1 aromatic carbocycles. The summed E-state index contributed by atoms with van der Waals surface area (Å²) in [6.07, 6.45) is 7.37. The molecule has 68 heavy (non-hydrogen) atoms. The SMILES string of the molecule is COC(=O)C(C)=CCC12OC(C)(C)C1C(C1Oc3c(CC=C(C)C)c4c(c(OC5OC6COC(C)(C)OC6C(O)C5O)c3C3=C1C(C)N=C(N=CN)N3)C=CC(C)(CCC=C(C)C)O4)CCC2=O. The lowest BCUT2D eigenvalue weighted by Gasteiger charge is -2.65. The van der Waals surface area contributed by atoms with Gasteiger partial charge in [0.1, 0.15) is 59.0 Å². The van der Waals surface area contributed by atoms with E-state index in [4.69, 9.17) is 48.6 Å². The predicted octanol–water partition coefficient (Wildman–Crippen LogP) is 6.54. The van der Waals surface area contributed by atoms with Gasteiger partial charge in [0.25, 0.3) is 0 Å². The molecule has 3 saturated heterocycles. The third kappa shape index (κ3) is 8.96. The summed E-state index contributed by atoms with van der Waals surface area (Å²) in [6, 6.07) is -0.519. The molecule has 0 spiro atoms. The van der Waals surface area contributed by atoms with Crippen molar-refractivity contribution in [1.29, 1.82) is 0 Å². The second-order valence-corrected chi connectivity index (χ2v) is 20.9. The van der Waals surface area contributed by atoms with Gasteiger partial charge in [0.15, 0.2) is 11.6 Å². The van der Waals surface area contributed by atoms with E-state index in [1.54, 1.807) is 26.8 Å². The molecule has 6 heterocycles. The molecule has 16 nitrogen and oxygen atoms in total. The number of methoxy groups -OCH3 is 1. The lowest BCUT2D eigenvalue weighted by Crippen LogP contribution is -2.74. The van der Waals surface area contributed by atoms with Crippen molar-refractivity contribution in [2.24, 2.45) is 27.6 Å². The maximum atomic E-state index is 14.2. The zero-order valence-corrected chi connectivity index (χ0v) is 41.6. The van der Waals surface area contributed by atoms with E-state index in [9.17, 15) is 19.8 Å². The van der Waals surface area contributed by atoms with Crippen LogP contribution in [0.15, 0.2) is 56.6 Å². The van der Waals surface area contributed by atoms with Crippen molar-refractivity contribution >= 4 is 35.8 Å². The Labute approximate surface area is 399 Å². The number of guanidine groups is 1. The molecule has 370 valence electrons. The van der Waals surface area contributed by atoms with Crippen LogP contribution in [0.25, 0.3) is 11.8 Å². The number of esters is 1. The number of carbonyl (C=O) groups excluding carboxylic acids is 2. The van der Waals surface area contributed by atoms with Crippen LogP contribution in [0.4, 0.5) is 0 Å². The third-order valence-corrected chi connectivity index (χ3v) is 14.4. The Morgan fingerprint density at radius 3 is 2.46 bits per heavy atom. The fourth-order valence-electron chi connectivity index (χ4n) is 11.3. The normalized spacial score (nSPS) is 34.3. The molecule has 11 atom stereocenters. The number of ketones is 1. The number of fused-ring (bicyclic) bond motifs is 5. The van der Waals surface area contributed by atoms with Crippen molar-refractivity contribution in [2.75, 3.05) is 13.7 Å². The number of rotatable bonds is 11. The first-order chi connectivity index (χ1) is 32.0. The molecule has 0 radical (unpaired) electrons. The standard InChI is InChI=1S/C52H70N4O12/c1-26(2)14-13-21-51(11)22-20-31-40(67-51)30(16-15-27(3)4)41-36(42(31)65-47-39(59)38(58)44-33(63-47)24-62-50(9,10)66-44)37-35(29(6)55-48(56-37)54-25-53)43(64-41)32-17-18-34(57)52(45(32)49(7,8)68-52)23-19-28(5)46(60)61-12/h14-15,19-20,22,25,29,32-33,38-39,43-45,47,58-59H,13,16-18,21,23-24H2,1-12H3,(H3,53,54,55,56). The van der Waals surface area contributed by atoms with Gasteiger partial charge in [0.05, 0.1) is 48.5 Å². The smallest absolute Gasteiger partial charge is 0.333 e. The highest BCUT2D eigenvalue weighted by Crippen LogP contribution is 2.62. The number of benzene rings is 1. The number of aliphatic imine (C=N–C) groups is 2. The van der Waals surface area contributed by atoms with Gasteiger partial charge in [0, 0.05) is 41.4 Å². The molecule has 6 aliphatic heterocycles. The summed E-state index contributed by atoms with van der Waals surface area (Å²) in [6.45, 7) is 21.5. The summed E-state index contributed by atoms with van der Waals surface area (Å²) >= 11 is 0. The molecule has 1 aliphatic carbocycles. The molecule has 16 heteroatoms. The number of allylic oxidation sites excluding steroid dienone is 4. The second-order valence-electron chi connectivity index (χ2n) is 20.9. The second kappa shape index (κ2) is 18.5. The van der Waals surface area contributed by atoms with E-state index in [2.05, 4.69) is 43.2 Å². The largest absolute Gasteiger partial charge is 0.484 e. The molecule has 0 aromatic heterocycles. The van der Waals surface area contributed by atoms with Gasteiger partial charge in [-0.2, -0.15) is 0 Å². The number of nitrogens with zero attached hydrogens (tertiary/aromatic N) is 2. The van der Waals surface area contributed by atoms with Gasteiger partial charge in [0.2, 0.25) is 12.2 Å². The maximum Gasteiger partial charge on any atom is 0.333 e. The summed E-state index contributed by atoms with van der Waals surface area (Å²) in [4.78, 5) is 36.2. The molecule has 11 unspecified atom stereocenters. The Balaban J connectivity index is 1.34. The number of nitrogens with two attached hydrogens (primary N) is 1. The molecular formula is C52H70N4O12. The van der Waals surface area contributed by atoms with Gasteiger partial charge in [-0.3, -0.25) is 4.79 Å². The van der Waals surface area contributed by atoms with E-state index in [-0.39, 0.29) is 48.8 Å². The van der Waals surface area contributed by atoms with Crippen LogP contribution in [-0.4, -0.2) is 113 Å². The van der Waals surface area contributed by atoms with Gasteiger partial charge in [-0.25, -0.2) is 14.8 Å². The number of ether oxygens (including phenoxy) is 8. The topological polar surface area (TPSA) is 211 Å². The summed E-state index contributed by atoms with van der Waals surface area (Å²) in [5, 5.41) is 27.0. The van der Waals surface area contributed by atoms with Gasteiger partial charge in [-0.1, -0.05) is 29.4 Å². The lowest BCUT2D eigenvalue weighted by atomic mass is 9.54. The molecule has 0 bridgehead atoms. The quantitative estimate of drug-likeness (QED) is 0.0611. The van der Waals surface area contributed by atoms with Crippen LogP contribution in [0, 0.1) is 11.8 Å². The Bertz CT molecular complexity index is 2420. The third-order valence-electron chi connectivity index (χ3n) is 14.4. The summed E-state index contributed by atoms with van der Waals surface area (Å²) in [5.41, 5.74) is 9.13. The molecule has 8 rings (SSSR count). The Morgan fingerprint density at radius 1 is 1.04 bits per heavy atom. The maximum absolute atomic E-state index is 14.2. The minimum absolute atomic E-state index is 0.0285. The Kier molecular flexibility index (Phi) is 13.5. The van der Waals surface area contributed by atoms with Crippen molar-refractivity contribution in [3.05, 3.63) is 63.3 Å². The molecular weight excluding hydrogens is 873 g/mol. The zero-order valence-electron chi connectivity index (χ0n) is 41.6. The molecule has 1 aromatic rings. The van der Waals surface area contributed by atoms with E-state index < -0.39 is 71.4 Å². The Hall–Kier alpha value is -4.84. The van der Waals surface area contributed by atoms with Gasteiger partial charge in [-0.05, 0) is 114 Å². The number of carbonyl (C=O) groups is 2. The fourth-order valence-corrected chi connectivity index (χ4v) is 11.3. The zero-order chi connectivity index (χ0) is 49.2. The molecule has 5 N–H and O–H groups in total. The number of Topliss-reactive ketones (excluding diaryl/α,β-unsaturated/α-hetero) is 1. The first-order valence-electron chi connectivity index (χ1n) is 23.9. The number of aliphatic hydroxyl groups is 2. The van der Waals surface area contributed by atoms with Crippen molar-refractivity contribution in [1.82, 2.24) is 5.32 Å². The van der Waals surface area contributed by atoms with Gasteiger partial charge >= 0.3 is 5.97 Å². The van der Waals surface area contributed by atoms with Crippen LogP contribution in [0.2, 0.25) is 0 Å². The van der Waals surface area contributed by atoms with E-state index in [0.717, 1.165) is 23.1 Å². The number of nitrogens with one attached hydrogen (secondary N) is 1. The minimum Gasteiger partial charge on any atom is -0.484 e. The van der Waals surface area contributed by atoms with E-state index in [1.807, 2.05) is 46.8 Å². The molecule has 7 aliphatic rings. The average molecular weight is 943 g/mol. The molecule has 4 fully saturated rings. The van der Waals surface area contributed by atoms with Gasteiger partial charge in [-0.15, -0.1) is 0 Å². The van der Waals surface area contributed by atoms with Gasteiger partial charge < -0.3 is 59.2 Å².